The molecule has 1 aliphatic carbocycles. The monoisotopic (exact) mass is 204 g/mol. The summed E-state index contributed by atoms with van der Waals surface area (Å²) >= 11 is 0. The van der Waals surface area contributed by atoms with Gasteiger partial charge in [-0.2, -0.15) is 0 Å². The van der Waals surface area contributed by atoms with E-state index in [4.69, 9.17) is 24.4 Å². The highest BCUT2D eigenvalue weighted by Gasteiger charge is 2.71. The van der Waals surface area contributed by atoms with E-state index in [0.717, 1.165) is 0 Å². The number of aliphatic hydroxyl groups excluding tert-OH is 2. The fourth-order valence-electron chi connectivity index (χ4n) is 2.25. The molecule has 2 N–H and O–H groups in total. The topological polar surface area (TPSA) is 68.2 Å². The highest BCUT2D eigenvalue weighted by molar-refractivity contribution is 5.15. The molecular formula is C9H16O5. The van der Waals surface area contributed by atoms with E-state index in [-0.39, 0.29) is 25.0 Å². The average molecular weight is 204 g/mol. The van der Waals surface area contributed by atoms with E-state index in [1.807, 2.05) is 0 Å². The molecular weight excluding hydrogens is 188 g/mol. The SMILES string of the molecule is COC1(C)OCC2(O1)[C@H](CO)[C@H]2CO. The summed E-state index contributed by atoms with van der Waals surface area (Å²) in [6.45, 7) is 2.07. The second-order valence-electron chi connectivity index (χ2n) is 3.99. The molecule has 0 aromatic rings. The van der Waals surface area contributed by atoms with Crippen LogP contribution in [-0.2, 0) is 14.2 Å². The fourth-order valence-corrected chi connectivity index (χ4v) is 2.25. The maximum atomic E-state index is 9.09. The predicted octanol–water partition coefficient (Wildman–Crippen LogP) is -0.677. The largest absolute Gasteiger partial charge is 0.396 e. The third-order valence-corrected chi connectivity index (χ3v) is 3.33. The predicted molar refractivity (Wildman–Crippen MR) is 46.3 cm³/mol. The maximum Gasteiger partial charge on any atom is 0.280 e. The number of methoxy groups -OCH3 is 1. The standard InChI is InChI=1S/C9H16O5/c1-8(12-2)13-5-9(14-8)6(3-10)7(9)4-11/h6-7,10-11H,3-5H2,1-2H3/t6-,7-,8?/m1/s1. The van der Waals surface area contributed by atoms with Gasteiger partial charge < -0.3 is 24.4 Å². The van der Waals surface area contributed by atoms with Crippen molar-refractivity contribution in [2.75, 3.05) is 26.9 Å². The Morgan fingerprint density at radius 2 is 1.93 bits per heavy atom. The van der Waals surface area contributed by atoms with Crippen LogP contribution in [0.15, 0.2) is 0 Å². The van der Waals surface area contributed by atoms with Crippen molar-refractivity contribution in [3.05, 3.63) is 0 Å². The van der Waals surface area contributed by atoms with Crippen molar-refractivity contribution < 1.29 is 24.4 Å². The first-order valence-corrected chi connectivity index (χ1v) is 4.73. The van der Waals surface area contributed by atoms with E-state index in [1.54, 1.807) is 6.92 Å². The Kier molecular flexibility index (Phi) is 2.32. The summed E-state index contributed by atoms with van der Waals surface area (Å²) in [5.74, 6) is -1.11. The van der Waals surface area contributed by atoms with Crippen LogP contribution in [0.1, 0.15) is 6.92 Å². The van der Waals surface area contributed by atoms with Crippen LogP contribution in [0.3, 0.4) is 0 Å². The van der Waals surface area contributed by atoms with Gasteiger partial charge in [0.15, 0.2) is 0 Å². The number of hydrogen-bond donors (Lipinski definition) is 2. The highest BCUT2D eigenvalue weighted by Crippen LogP contribution is 2.58. The molecule has 2 rings (SSSR count). The molecule has 1 unspecified atom stereocenters. The lowest BCUT2D eigenvalue weighted by atomic mass is 10.3. The molecule has 0 amide bonds. The second-order valence-corrected chi connectivity index (χ2v) is 3.99. The van der Waals surface area contributed by atoms with E-state index >= 15 is 0 Å². The molecule has 2 fully saturated rings. The minimum absolute atomic E-state index is 0.00831. The lowest BCUT2D eigenvalue weighted by molar-refractivity contribution is -0.317. The normalized spacial score (nSPS) is 51.4. The van der Waals surface area contributed by atoms with Gasteiger partial charge in [0, 0.05) is 39.1 Å². The quantitative estimate of drug-likeness (QED) is 0.637. The van der Waals surface area contributed by atoms with E-state index in [0.29, 0.717) is 6.61 Å². The van der Waals surface area contributed by atoms with Crippen LogP contribution in [0, 0.1) is 11.8 Å². The molecule has 0 bridgehead atoms. The summed E-state index contributed by atoms with van der Waals surface area (Å²) in [5.41, 5.74) is -0.533. The van der Waals surface area contributed by atoms with Crippen LogP contribution in [0.25, 0.3) is 0 Å². The molecule has 5 nitrogen and oxygen atoms in total. The van der Waals surface area contributed by atoms with Crippen molar-refractivity contribution in [3.63, 3.8) is 0 Å². The summed E-state index contributed by atoms with van der Waals surface area (Å²) in [6, 6.07) is 0. The first-order valence-electron chi connectivity index (χ1n) is 4.73. The van der Waals surface area contributed by atoms with Crippen molar-refractivity contribution in [2.24, 2.45) is 11.8 Å². The van der Waals surface area contributed by atoms with Crippen LogP contribution in [0.5, 0.6) is 0 Å². The second kappa shape index (κ2) is 3.15. The molecule has 1 heterocycles. The minimum Gasteiger partial charge on any atom is -0.396 e. The van der Waals surface area contributed by atoms with Crippen molar-refractivity contribution in [2.45, 2.75) is 18.5 Å². The maximum absolute atomic E-state index is 9.09. The number of hydrogen-bond acceptors (Lipinski definition) is 5. The Hall–Kier alpha value is -0.200. The lowest BCUT2D eigenvalue weighted by Crippen LogP contribution is -2.30. The van der Waals surface area contributed by atoms with Crippen molar-refractivity contribution in [3.8, 4) is 0 Å². The van der Waals surface area contributed by atoms with E-state index < -0.39 is 11.6 Å². The summed E-state index contributed by atoms with van der Waals surface area (Å²) in [4.78, 5) is 0. The van der Waals surface area contributed by atoms with Gasteiger partial charge in [-0.05, 0) is 0 Å². The summed E-state index contributed by atoms with van der Waals surface area (Å²) in [5, 5.41) is 18.2. The molecule has 5 heteroatoms. The van der Waals surface area contributed by atoms with Gasteiger partial charge in [0.1, 0.15) is 5.60 Å². The molecule has 1 aliphatic heterocycles. The molecule has 3 atom stereocenters. The Balaban J connectivity index is 2.08. The highest BCUT2D eigenvalue weighted by atomic mass is 16.9. The fraction of sp³-hybridized carbons (Fsp3) is 1.00. The van der Waals surface area contributed by atoms with Crippen molar-refractivity contribution in [1.82, 2.24) is 0 Å². The summed E-state index contributed by atoms with van der Waals surface area (Å²) < 4.78 is 16.1. The molecule has 2 aliphatic rings. The van der Waals surface area contributed by atoms with Crippen LogP contribution < -0.4 is 0 Å². The Bertz CT molecular complexity index is 221. The molecule has 82 valence electrons. The minimum atomic E-state index is -1.03. The molecule has 1 saturated heterocycles. The van der Waals surface area contributed by atoms with E-state index in [2.05, 4.69) is 0 Å². The molecule has 0 aromatic heterocycles. The zero-order valence-electron chi connectivity index (χ0n) is 8.40. The van der Waals surface area contributed by atoms with E-state index in [9.17, 15) is 0 Å². The van der Waals surface area contributed by atoms with Gasteiger partial charge in [-0.1, -0.05) is 0 Å². The molecule has 14 heavy (non-hydrogen) atoms. The van der Waals surface area contributed by atoms with Gasteiger partial charge in [-0.3, -0.25) is 0 Å². The molecule has 0 aromatic carbocycles. The lowest BCUT2D eigenvalue weighted by Gasteiger charge is -2.20. The van der Waals surface area contributed by atoms with Gasteiger partial charge >= 0.3 is 0 Å². The first-order chi connectivity index (χ1) is 6.62. The summed E-state index contributed by atoms with van der Waals surface area (Å²) in [6.07, 6.45) is 0. The van der Waals surface area contributed by atoms with Crippen molar-refractivity contribution in [1.29, 1.82) is 0 Å². The molecule has 1 saturated carbocycles. The Morgan fingerprint density at radius 1 is 1.36 bits per heavy atom. The average Bonchev–Trinajstić information content (AvgIpc) is 2.65. The zero-order valence-corrected chi connectivity index (χ0v) is 8.40. The number of aliphatic hydroxyl groups is 2. The van der Waals surface area contributed by atoms with E-state index in [1.165, 1.54) is 7.11 Å². The zero-order chi connectivity index (χ0) is 10.4. The van der Waals surface area contributed by atoms with Gasteiger partial charge in [0.25, 0.3) is 5.97 Å². The van der Waals surface area contributed by atoms with Crippen LogP contribution in [0.4, 0.5) is 0 Å². The smallest absolute Gasteiger partial charge is 0.280 e. The van der Waals surface area contributed by atoms with Gasteiger partial charge in [0.2, 0.25) is 0 Å². The third kappa shape index (κ3) is 1.20. The van der Waals surface area contributed by atoms with Gasteiger partial charge in [0.05, 0.1) is 6.61 Å². The Labute approximate surface area is 82.6 Å². The summed E-state index contributed by atoms with van der Waals surface area (Å²) in [7, 11) is 1.50. The van der Waals surface area contributed by atoms with Crippen LogP contribution >= 0.6 is 0 Å². The Morgan fingerprint density at radius 3 is 2.29 bits per heavy atom. The van der Waals surface area contributed by atoms with Crippen LogP contribution in [-0.4, -0.2) is 48.7 Å². The third-order valence-electron chi connectivity index (χ3n) is 3.33. The molecule has 1 spiro atoms. The van der Waals surface area contributed by atoms with Crippen LogP contribution in [0.2, 0.25) is 0 Å². The number of rotatable bonds is 3. The van der Waals surface area contributed by atoms with Gasteiger partial charge in [-0.15, -0.1) is 0 Å². The first kappa shape index (κ1) is 10.3. The number of ether oxygens (including phenoxy) is 3. The molecule has 0 radical (unpaired) electrons. The van der Waals surface area contributed by atoms with Crippen molar-refractivity contribution >= 4 is 0 Å². The van der Waals surface area contributed by atoms with Gasteiger partial charge in [-0.25, -0.2) is 0 Å².